The van der Waals surface area contributed by atoms with E-state index < -0.39 is 23.0 Å². The van der Waals surface area contributed by atoms with E-state index in [1.54, 1.807) is 13.2 Å². The van der Waals surface area contributed by atoms with E-state index in [1.165, 1.54) is 25.1 Å². The second kappa shape index (κ2) is 8.02. The van der Waals surface area contributed by atoms with Crippen LogP contribution < -0.4 is 0 Å². The topological polar surface area (TPSA) is 63.0 Å². The average molecular weight is 397 g/mol. The van der Waals surface area contributed by atoms with Crippen LogP contribution in [0.25, 0.3) is 0 Å². The number of halogens is 3. The zero-order valence-electron chi connectivity index (χ0n) is 14.3. The molecule has 0 saturated heterocycles. The Morgan fingerprint density at radius 2 is 2.12 bits per heavy atom. The Hall–Kier alpha value is -2.17. The number of nitriles is 1. The number of hydrogen-bond acceptors (Lipinski definition) is 5. The van der Waals surface area contributed by atoms with Crippen LogP contribution in [0, 0.1) is 23.0 Å². The number of benzene rings is 1. The summed E-state index contributed by atoms with van der Waals surface area (Å²) in [6.45, 7) is 2.98. The fourth-order valence-electron chi connectivity index (χ4n) is 2.61. The highest BCUT2D eigenvalue weighted by atomic mass is 35.5. The molecule has 0 fully saturated rings. The third kappa shape index (κ3) is 3.39. The van der Waals surface area contributed by atoms with Crippen molar-refractivity contribution in [1.29, 1.82) is 5.26 Å². The van der Waals surface area contributed by atoms with Gasteiger partial charge in [0.2, 0.25) is 0 Å². The van der Waals surface area contributed by atoms with Crippen LogP contribution in [0.1, 0.15) is 35.3 Å². The van der Waals surface area contributed by atoms with E-state index in [0.717, 1.165) is 18.0 Å². The molecule has 0 radical (unpaired) electrons. The number of ether oxygens (including phenoxy) is 1. The SMILES string of the molecule is CCOC(=O)c1cnc(SC)c(F)c1C(C)(C#N)c1cccc(Cl)c1F. The summed E-state index contributed by atoms with van der Waals surface area (Å²) in [5.74, 6) is -2.56. The molecule has 0 N–H and O–H groups in total. The summed E-state index contributed by atoms with van der Waals surface area (Å²) in [7, 11) is 0. The Morgan fingerprint density at radius 3 is 2.69 bits per heavy atom. The quantitative estimate of drug-likeness (QED) is 0.539. The Bertz CT molecular complexity index is 901. The summed E-state index contributed by atoms with van der Waals surface area (Å²) in [6.07, 6.45) is 2.74. The zero-order chi connectivity index (χ0) is 19.5. The molecule has 1 unspecified atom stereocenters. The maximum atomic E-state index is 15.1. The molecule has 8 heteroatoms. The molecule has 0 aliphatic rings. The predicted octanol–water partition coefficient (Wildman–Crippen LogP) is 4.74. The molecule has 0 amide bonds. The molecule has 0 aliphatic heterocycles. The minimum Gasteiger partial charge on any atom is -0.462 e. The van der Waals surface area contributed by atoms with Gasteiger partial charge in [-0.1, -0.05) is 23.7 Å². The number of carbonyl (C=O) groups excluding carboxylic acids is 1. The van der Waals surface area contributed by atoms with Crippen LogP contribution in [0.5, 0.6) is 0 Å². The average Bonchev–Trinajstić information content (AvgIpc) is 2.63. The monoisotopic (exact) mass is 396 g/mol. The van der Waals surface area contributed by atoms with Crippen LogP contribution in [-0.4, -0.2) is 23.8 Å². The van der Waals surface area contributed by atoms with Gasteiger partial charge in [-0.3, -0.25) is 0 Å². The summed E-state index contributed by atoms with van der Waals surface area (Å²) in [4.78, 5) is 16.2. The Morgan fingerprint density at radius 1 is 1.42 bits per heavy atom. The lowest BCUT2D eigenvalue weighted by atomic mass is 9.75. The summed E-state index contributed by atoms with van der Waals surface area (Å²) in [5, 5.41) is 9.60. The molecular weight excluding hydrogens is 382 g/mol. The van der Waals surface area contributed by atoms with Crippen molar-refractivity contribution in [1.82, 2.24) is 4.98 Å². The van der Waals surface area contributed by atoms with Crippen molar-refractivity contribution in [3.63, 3.8) is 0 Å². The van der Waals surface area contributed by atoms with Crippen LogP contribution in [0.3, 0.4) is 0 Å². The number of rotatable bonds is 5. The van der Waals surface area contributed by atoms with Crippen molar-refractivity contribution in [2.75, 3.05) is 12.9 Å². The molecule has 0 saturated carbocycles. The molecule has 2 rings (SSSR count). The van der Waals surface area contributed by atoms with Crippen molar-refractivity contribution in [3.05, 3.63) is 57.7 Å². The van der Waals surface area contributed by atoms with Crippen molar-refractivity contribution >= 4 is 29.3 Å². The Balaban J connectivity index is 2.87. The largest absolute Gasteiger partial charge is 0.462 e. The van der Waals surface area contributed by atoms with E-state index in [0.29, 0.717) is 0 Å². The first kappa shape index (κ1) is 20.1. The van der Waals surface area contributed by atoms with Gasteiger partial charge in [-0.2, -0.15) is 5.26 Å². The minimum atomic E-state index is -1.82. The van der Waals surface area contributed by atoms with Crippen LogP contribution >= 0.6 is 23.4 Å². The fourth-order valence-corrected chi connectivity index (χ4v) is 3.22. The first-order chi connectivity index (χ1) is 12.3. The predicted molar refractivity (Wildman–Crippen MR) is 95.4 cm³/mol. The highest BCUT2D eigenvalue weighted by Gasteiger charge is 2.40. The minimum absolute atomic E-state index is 0.0167. The smallest absolute Gasteiger partial charge is 0.340 e. The lowest BCUT2D eigenvalue weighted by Gasteiger charge is -2.26. The Labute approximate surface area is 159 Å². The number of carbonyl (C=O) groups is 1. The molecule has 2 aromatic rings. The second-order valence-electron chi connectivity index (χ2n) is 5.43. The van der Waals surface area contributed by atoms with Gasteiger partial charge in [0, 0.05) is 17.3 Å². The third-order valence-electron chi connectivity index (χ3n) is 3.89. The van der Waals surface area contributed by atoms with Gasteiger partial charge in [-0.25, -0.2) is 18.6 Å². The van der Waals surface area contributed by atoms with E-state index in [9.17, 15) is 14.4 Å². The van der Waals surface area contributed by atoms with Gasteiger partial charge in [-0.15, -0.1) is 11.8 Å². The van der Waals surface area contributed by atoms with Gasteiger partial charge in [0.05, 0.1) is 23.3 Å². The maximum absolute atomic E-state index is 15.1. The maximum Gasteiger partial charge on any atom is 0.340 e. The third-order valence-corrected chi connectivity index (χ3v) is 4.85. The van der Waals surface area contributed by atoms with Gasteiger partial charge in [0.15, 0.2) is 5.82 Å². The molecule has 4 nitrogen and oxygen atoms in total. The van der Waals surface area contributed by atoms with E-state index in [-0.39, 0.29) is 33.3 Å². The van der Waals surface area contributed by atoms with Gasteiger partial charge < -0.3 is 4.74 Å². The summed E-state index contributed by atoms with van der Waals surface area (Å²) >= 11 is 6.83. The van der Waals surface area contributed by atoms with E-state index >= 15 is 4.39 Å². The number of pyridine rings is 1. The first-order valence-electron chi connectivity index (χ1n) is 7.57. The van der Waals surface area contributed by atoms with Gasteiger partial charge in [0.1, 0.15) is 16.3 Å². The van der Waals surface area contributed by atoms with E-state index in [4.69, 9.17) is 16.3 Å². The molecule has 0 bridgehead atoms. The lowest BCUT2D eigenvalue weighted by molar-refractivity contribution is 0.0522. The van der Waals surface area contributed by atoms with Gasteiger partial charge in [-0.05, 0) is 26.2 Å². The van der Waals surface area contributed by atoms with Crippen LogP contribution in [0.2, 0.25) is 5.02 Å². The number of esters is 1. The number of aromatic nitrogens is 1. The van der Waals surface area contributed by atoms with E-state index in [1.807, 2.05) is 6.07 Å². The van der Waals surface area contributed by atoms with Gasteiger partial charge >= 0.3 is 5.97 Å². The molecule has 1 heterocycles. The molecule has 1 atom stereocenters. The molecule has 0 aliphatic carbocycles. The Kier molecular flexibility index (Phi) is 6.21. The summed E-state index contributed by atoms with van der Waals surface area (Å²) in [6, 6.07) is 6.03. The van der Waals surface area contributed by atoms with Crippen molar-refractivity contribution in [2.24, 2.45) is 0 Å². The van der Waals surface area contributed by atoms with Crippen molar-refractivity contribution in [2.45, 2.75) is 24.3 Å². The normalized spacial score (nSPS) is 13.0. The number of nitrogens with zero attached hydrogens (tertiary/aromatic N) is 2. The highest BCUT2D eigenvalue weighted by molar-refractivity contribution is 7.98. The first-order valence-corrected chi connectivity index (χ1v) is 9.17. The van der Waals surface area contributed by atoms with Crippen LogP contribution in [-0.2, 0) is 10.2 Å². The molecule has 136 valence electrons. The van der Waals surface area contributed by atoms with E-state index in [2.05, 4.69) is 4.98 Å². The van der Waals surface area contributed by atoms with Crippen molar-refractivity contribution < 1.29 is 18.3 Å². The van der Waals surface area contributed by atoms with Gasteiger partial charge in [0.25, 0.3) is 0 Å². The van der Waals surface area contributed by atoms with Crippen LogP contribution in [0.4, 0.5) is 8.78 Å². The molecule has 1 aromatic carbocycles. The molecule has 26 heavy (non-hydrogen) atoms. The van der Waals surface area contributed by atoms with Crippen molar-refractivity contribution in [3.8, 4) is 6.07 Å². The molecular formula is C18H15ClF2N2O2S. The molecule has 1 aromatic heterocycles. The highest BCUT2D eigenvalue weighted by Crippen LogP contribution is 2.40. The fraction of sp³-hybridized carbons (Fsp3) is 0.278. The molecule has 0 spiro atoms. The zero-order valence-corrected chi connectivity index (χ0v) is 15.8. The number of hydrogen-bond donors (Lipinski definition) is 0. The lowest BCUT2D eigenvalue weighted by Crippen LogP contribution is -2.29. The number of thioether (sulfide) groups is 1. The summed E-state index contributed by atoms with van der Waals surface area (Å²) < 4.78 is 34.7. The second-order valence-corrected chi connectivity index (χ2v) is 6.63. The summed E-state index contributed by atoms with van der Waals surface area (Å²) in [5.41, 5.74) is -2.49. The van der Waals surface area contributed by atoms with Crippen LogP contribution in [0.15, 0.2) is 29.4 Å². The standard InChI is InChI=1S/C18H15ClF2N2O2S/c1-4-25-17(24)10-8-23-16(26-3)15(21)13(10)18(2,9-22)11-6-5-7-12(19)14(11)20/h5-8H,4H2,1-3H3.